The van der Waals surface area contributed by atoms with E-state index in [0.717, 1.165) is 17.5 Å². The number of para-hydroxylation sites is 1. The topological polar surface area (TPSA) is 26.3 Å². The number of benzene rings is 2. The third-order valence-electron chi connectivity index (χ3n) is 3.99. The second-order valence-corrected chi connectivity index (χ2v) is 4.98. The van der Waals surface area contributed by atoms with Gasteiger partial charge in [-0.15, -0.1) is 0 Å². The molecule has 1 heterocycles. The van der Waals surface area contributed by atoms with Crippen molar-refractivity contribution in [2.24, 2.45) is 0 Å². The Kier molecular flexibility index (Phi) is 2.86. The molecule has 1 atom stereocenters. The summed E-state index contributed by atoms with van der Waals surface area (Å²) >= 11 is 0. The Hall–Kier alpha value is -2.09. The van der Waals surface area contributed by atoms with E-state index in [2.05, 4.69) is 0 Å². The number of hydrogen-bond donors (Lipinski definition) is 0. The molecular weight excluding hydrogens is 236 g/mol. The average Bonchev–Trinajstić information content (AvgIpc) is 2.47. The van der Waals surface area contributed by atoms with Crippen LogP contribution in [0.3, 0.4) is 0 Å². The van der Waals surface area contributed by atoms with Crippen LogP contribution in [0.1, 0.15) is 24.5 Å². The van der Waals surface area contributed by atoms with Gasteiger partial charge in [0.05, 0.1) is 5.41 Å². The number of rotatable bonds is 2. The van der Waals surface area contributed by atoms with Crippen molar-refractivity contribution in [2.45, 2.75) is 25.2 Å². The summed E-state index contributed by atoms with van der Waals surface area (Å²) in [5.74, 6) is 0.562. The van der Waals surface area contributed by atoms with Crippen LogP contribution >= 0.6 is 0 Å². The first-order valence-electron chi connectivity index (χ1n) is 6.62. The van der Waals surface area contributed by atoms with E-state index in [1.807, 2.05) is 61.5 Å². The van der Waals surface area contributed by atoms with Gasteiger partial charge in [-0.05, 0) is 30.0 Å². The van der Waals surface area contributed by atoms with Gasteiger partial charge in [-0.25, -0.2) is 0 Å². The lowest BCUT2D eigenvalue weighted by molar-refractivity contribution is -0.142. The van der Waals surface area contributed by atoms with E-state index in [1.165, 1.54) is 0 Å². The minimum Gasteiger partial charge on any atom is -0.426 e. The Morgan fingerprint density at radius 1 is 1.05 bits per heavy atom. The van der Waals surface area contributed by atoms with Gasteiger partial charge in [0, 0.05) is 0 Å². The van der Waals surface area contributed by atoms with Crippen LogP contribution in [0.25, 0.3) is 0 Å². The molecule has 2 aromatic rings. The van der Waals surface area contributed by atoms with E-state index in [-0.39, 0.29) is 5.97 Å². The third kappa shape index (κ3) is 1.84. The normalized spacial score (nSPS) is 21.6. The fourth-order valence-electron chi connectivity index (χ4n) is 2.79. The molecule has 2 heteroatoms. The van der Waals surface area contributed by atoms with Crippen LogP contribution in [0.2, 0.25) is 0 Å². The van der Waals surface area contributed by atoms with Crippen LogP contribution in [0.4, 0.5) is 0 Å². The van der Waals surface area contributed by atoms with E-state index < -0.39 is 5.41 Å². The van der Waals surface area contributed by atoms with Crippen LogP contribution < -0.4 is 4.74 Å². The molecule has 0 N–H and O–H groups in total. The van der Waals surface area contributed by atoms with Crippen LogP contribution in [0.15, 0.2) is 54.6 Å². The van der Waals surface area contributed by atoms with Gasteiger partial charge in [-0.2, -0.15) is 0 Å². The second kappa shape index (κ2) is 4.54. The van der Waals surface area contributed by atoms with Crippen molar-refractivity contribution in [3.8, 4) is 5.75 Å². The van der Waals surface area contributed by atoms with Crippen molar-refractivity contribution in [2.75, 3.05) is 0 Å². The highest BCUT2D eigenvalue weighted by Gasteiger charge is 2.44. The van der Waals surface area contributed by atoms with Crippen molar-refractivity contribution < 1.29 is 9.53 Å². The standard InChI is InChI=1S/C17H16O2/c1-2-17(14-9-4-3-5-10-14)12-13-8-6-7-11-15(13)19-16(17)18/h3-11H,2,12H2,1H3. The van der Waals surface area contributed by atoms with Gasteiger partial charge >= 0.3 is 5.97 Å². The molecule has 2 aromatic carbocycles. The van der Waals surface area contributed by atoms with Gasteiger partial charge in [0.1, 0.15) is 5.75 Å². The van der Waals surface area contributed by atoms with Crippen molar-refractivity contribution in [1.82, 2.24) is 0 Å². The molecule has 1 unspecified atom stereocenters. The van der Waals surface area contributed by atoms with Crippen molar-refractivity contribution in [1.29, 1.82) is 0 Å². The van der Waals surface area contributed by atoms with E-state index >= 15 is 0 Å². The zero-order valence-electron chi connectivity index (χ0n) is 10.9. The van der Waals surface area contributed by atoms with Crippen molar-refractivity contribution in [3.63, 3.8) is 0 Å². The molecule has 19 heavy (non-hydrogen) atoms. The van der Waals surface area contributed by atoms with Crippen LogP contribution in [0.5, 0.6) is 5.75 Å². The van der Waals surface area contributed by atoms with Gasteiger partial charge in [-0.1, -0.05) is 55.5 Å². The minimum absolute atomic E-state index is 0.139. The van der Waals surface area contributed by atoms with E-state index in [9.17, 15) is 4.79 Å². The number of esters is 1. The summed E-state index contributed by atoms with van der Waals surface area (Å²) in [5.41, 5.74) is 1.60. The van der Waals surface area contributed by atoms with Gasteiger partial charge in [-0.3, -0.25) is 4.79 Å². The quantitative estimate of drug-likeness (QED) is 0.604. The zero-order chi connectivity index (χ0) is 13.3. The molecule has 0 radical (unpaired) electrons. The largest absolute Gasteiger partial charge is 0.426 e. The summed E-state index contributed by atoms with van der Waals surface area (Å²) in [4.78, 5) is 12.5. The Balaban J connectivity index is 2.11. The summed E-state index contributed by atoms with van der Waals surface area (Å²) in [7, 11) is 0. The molecule has 0 spiro atoms. The van der Waals surface area contributed by atoms with Crippen LogP contribution in [-0.2, 0) is 16.6 Å². The van der Waals surface area contributed by atoms with E-state index in [4.69, 9.17) is 4.74 Å². The molecule has 96 valence electrons. The molecular formula is C17H16O2. The lowest BCUT2D eigenvalue weighted by atomic mass is 9.72. The Morgan fingerprint density at radius 3 is 2.47 bits per heavy atom. The monoisotopic (exact) mass is 252 g/mol. The number of hydrogen-bond acceptors (Lipinski definition) is 2. The summed E-state index contributed by atoms with van der Waals surface area (Å²) in [6.45, 7) is 2.04. The van der Waals surface area contributed by atoms with Crippen molar-refractivity contribution >= 4 is 5.97 Å². The molecule has 0 bridgehead atoms. The summed E-state index contributed by atoms with van der Waals surface area (Å²) in [6.07, 6.45) is 1.45. The summed E-state index contributed by atoms with van der Waals surface area (Å²) in [5, 5.41) is 0. The molecule has 0 saturated carbocycles. The molecule has 0 aromatic heterocycles. The lowest BCUT2D eigenvalue weighted by Gasteiger charge is -2.35. The maximum Gasteiger partial charge on any atom is 0.322 e. The maximum absolute atomic E-state index is 12.5. The first kappa shape index (κ1) is 12.0. The van der Waals surface area contributed by atoms with E-state index in [1.54, 1.807) is 0 Å². The van der Waals surface area contributed by atoms with E-state index in [0.29, 0.717) is 12.2 Å². The van der Waals surface area contributed by atoms with Crippen molar-refractivity contribution in [3.05, 3.63) is 65.7 Å². The highest BCUT2D eigenvalue weighted by molar-refractivity contribution is 5.87. The predicted molar refractivity (Wildman–Crippen MR) is 74.2 cm³/mol. The average molecular weight is 252 g/mol. The Bertz CT molecular complexity index is 604. The Morgan fingerprint density at radius 2 is 1.74 bits per heavy atom. The fourth-order valence-corrected chi connectivity index (χ4v) is 2.79. The lowest BCUT2D eigenvalue weighted by Crippen LogP contribution is -2.43. The fraction of sp³-hybridized carbons (Fsp3) is 0.235. The molecule has 3 rings (SSSR count). The zero-order valence-corrected chi connectivity index (χ0v) is 10.9. The number of fused-ring (bicyclic) bond motifs is 1. The SMILES string of the molecule is CCC1(c2ccccc2)Cc2ccccc2OC1=O. The third-order valence-corrected chi connectivity index (χ3v) is 3.99. The Labute approximate surface area is 113 Å². The number of carbonyl (C=O) groups is 1. The molecule has 0 amide bonds. The summed E-state index contributed by atoms with van der Waals surface area (Å²) in [6, 6.07) is 17.7. The molecule has 1 aliphatic heterocycles. The molecule has 2 nitrogen and oxygen atoms in total. The van der Waals surface area contributed by atoms with Gasteiger partial charge in [0.15, 0.2) is 0 Å². The summed E-state index contributed by atoms with van der Waals surface area (Å²) < 4.78 is 5.55. The number of carbonyl (C=O) groups excluding carboxylic acids is 1. The number of ether oxygens (including phenoxy) is 1. The smallest absolute Gasteiger partial charge is 0.322 e. The highest BCUT2D eigenvalue weighted by atomic mass is 16.5. The molecule has 1 aliphatic rings. The van der Waals surface area contributed by atoms with Gasteiger partial charge < -0.3 is 4.74 Å². The van der Waals surface area contributed by atoms with Crippen LogP contribution in [0, 0.1) is 0 Å². The molecule has 0 aliphatic carbocycles. The second-order valence-electron chi connectivity index (χ2n) is 4.98. The van der Waals surface area contributed by atoms with Crippen LogP contribution in [-0.4, -0.2) is 5.97 Å². The minimum atomic E-state index is -0.546. The first-order chi connectivity index (χ1) is 9.26. The molecule has 0 saturated heterocycles. The predicted octanol–water partition coefficient (Wildman–Crippen LogP) is 3.50. The maximum atomic E-state index is 12.5. The van der Waals surface area contributed by atoms with Gasteiger partial charge in [0.25, 0.3) is 0 Å². The first-order valence-corrected chi connectivity index (χ1v) is 6.62. The molecule has 0 fully saturated rings. The van der Waals surface area contributed by atoms with Gasteiger partial charge in [0.2, 0.25) is 0 Å². The highest BCUT2D eigenvalue weighted by Crippen LogP contribution is 2.40.